The molecule has 2 N–H and O–H groups in total. The Balaban J connectivity index is 2.46. The summed E-state index contributed by atoms with van der Waals surface area (Å²) in [6.45, 7) is 2.40. The Morgan fingerprint density at radius 3 is 2.69 bits per heavy atom. The van der Waals surface area contributed by atoms with Crippen LogP contribution in [0.3, 0.4) is 0 Å². The quantitative estimate of drug-likeness (QED) is 0.266. The number of carbonyl (C=O) groups is 2. The molecule has 0 bridgehead atoms. The van der Waals surface area contributed by atoms with Crippen LogP contribution in [-0.4, -0.2) is 23.6 Å². The molecule has 0 spiro atoms. The Labute approximate surface area is 81.6 Å². The fourth-order valence-corrected chi connectivity index (χ4v) is 1.14. The second-order valence-corrected chi connectivity index (χ2v) is 3.38. The van der Waals surface area contributed by atoms with Gasteiger partial charge in [0.2, 0.25) is 0 Å². The number of hydrogen-bond acceptors (Lipinski definition) is 4. The number of amides is 3. The normalized spacial score (nSPS) is 27.2. The van der Waals surface area contributed by atoms with Gasteiger partial charge in [-0.1, -0.05) is 13.3 Å². The lowest BCUT2D eigenvalue weighted by Gasteiger charge is -2.19. The molecule has 3 amide bonds. The first kappa shape index (κ1) is 10.3. The number of ether oxygens (including phenoxy) is 1. The van der Waals surface area contributed by atoms with Crippen molar-refractivity contribution in [3.8, 4) is 0 Å². The minimum atomic E-state index is -1.48. The van der Waals surface area contributed by atoms with Crippen LogP contribution in [0.25, 0.3) is 0 Å². The SMILES string of the molecule is CCCCOC1(S)NC(=O)NC1=O. The topological polar surface area (TPSA) is 67.4 Å². The Morgan fingerprint density at radius 1 is 1.54 bits per heavy atom. The maximum atomic E-state index is 11.1. The lowest BCUT2D eigenvalue weighted by molar-refractivity contribution is -0.133. The van der Waals surface area contributed by atoms with Gasteiger partial charge in [0.15, 0.2) is 0 Å². The van der Waals surface area contributed by atoms with Crippen molar-refractivity contribution in [3.63, 3.8) is 0 Å². The zero-order valence-corrected chi connectivity index (χ0v) is 8.19. The highest BCUT2D eigenvalue weighted by molar-refractivity contribution is 7.82. The molecule has 74 valence electrons. The number of urea groups is 1. The largest absolute Gasteiger partial charge is 0.339 e. The zero-order valence-electron chi connectivity index (χ0n) is 7.29. The van der Waals surface area contributed by atoms with Crippen molar-refractivity contribution in [2.75, 3.05) is 6.61 Å². The van der Waals surface area contributed by atoms with E-state index in [9.17, 15) is 9.59 Å². The third kappa shape index (κ3) is 2.35. The van der Waals surface area contributed by atoms with Gasteiger partial charge in [0.1, 0.15) is 0 Å². The standard InChI is InChI=1S/C7H12N2O3S/c1-2-3-4-12-7(13)5(10)8-6(11)9-7/h13H,2-4H2,1H3,(H2,8,9,10,11). The molecule has 1 aliphatic rings. The predicted molar refractivity (Wildman–Crippen MR) is 49.3 cm³/mol. The number of imide groups is 1. The number of rotatable bonds is 4. The number of carbonyl (C=O) groups excluding carboxylic acids is 2. The average Bonchev–Trinajstić information content (AvgIpc) is 2.27. The summed E-state index contributed by atoms with van der Waals surface area (Å²) in [5, 5.41) is 2.85. The molecule has 1 heterocycles. The van der Waals surface area contributed by atoms with Crippen molar-refractivity contribution >= 4 is 24.6 Å². The van der Waals surface area contributed by atoms with E-state index in [4.69, 9.17) is 4.74 Å². The first-order valence-corrected chi connectivity index (χ1v) is 4.53. The van der Waals surface area contributed by atoms with Crippen LogP contribution in [0.1, 0.15) is 19.8 Å². The molecule has 0 radical (unpaired) electrons. The van der Waals surface area contributed by atoms with Gasteiger partial charge in [0.05, 0.1) is 6.61 Å². The summed E-state index contributed by atoms with van der Waals surface area (Å²) in [4.78, 5) is 21.8. The second kappa shape index (κ2) is 3.97. The van der Waals surface area contributed by atoms with E-state index < -0.39 is 17.0 Å². The van der Waals surface area contributed by atoms with Gasteiger partial charge >= 0.3 is 6.03 Å². The highest BCUT2D eigenvalue weighted by atomic mass is 32.1. The van der Waals surface area contributed by atoms with Crippen molar-refractivity contribution in [2.24, 2.45) is 0 Å². The van der Waals surface area contributed by atoms with Crippen molar-refractivity contribution in [1.29, 1.82) is 0 Å². The van der Waals surface area contributed by atoms with E-state index in [1.54, 1.807) is 0 Å². The third-order valence-corrected chi connectivity index (χ3v) is 2.07. The third-order valence-electron chi connectivity index (χ3n) is 1.63. The number of unbranched alkanes of at least 4 members (excludes halogenated alkanes) is 1. The Morgan fingerprint density at radius 2 is 2.23 bits per heavy atom. The van der Waals surface area contributed by atoms with Gasteiger partial charge < -0.3 is 4.74 Å². The molecule has 1 fully saturated rings. The summed E-state index contributed by atoms with van der Waals surface area (Å²) in [6, 6.07) is -0.573. The molecule has 1 aliphatic heterocycles. The van der Waals surface area contributed by atoms with Crippen molar-refractivity contribution in [2.45, 2.75) is 24.8 Å². The molecular formula is C7H12N2O3S. The van der Waals surface area contributed by atoms with Gasteiger partial charge in [0.25, 0.3) is 11.0 Å². The molecule has 0 aliphatic carbocycles. The fraction of sp³-hybridized carbons (Fsp3) is 0.714. The molecule has 0 aromatic heterocycles. The van der Waals surface area contributed by atoms with E-state index in [1.807, 2.05) is 12.2 Å². The van der Waals surface area contributed by atoms with Crippen LogP contribution in [-0.2, 0) is 9.53 Å². The zero-order chi connectivity index (χ0) is 9.90. The van der Waals surface area contributed by atoms with Gasteiger partial charge in [-0.05, 0) is 6.42 Å². The first-order chi connectivity index (χ1) is 6.08. The lowest BCUT2D eigenvalue weighted by Crippen LogP contribution is -2.44. The average molecular weight is 204 g/mol. The summed E-state index contributed by atoms with van der Waals surface area (Å²) < 4.78 is 5.13. The molecule has 1 unspecified atom stereocenters. The fourth-order valence-electron chi connectivity index (χ4n) is 0.896. The minimum absolute atomic E-state index is 0.397. The van der Waals surface area contributed by atoms with Crippen LogP contribution in [0.4, 0.5) is 4.79 Å². The van der Waals surface area contributed by atoms with Crippen LogP contribution in [0, 0.1) is 0 Å². The summed E-state index contributed by atoms with van der Waals surface area (Å²) in [5.41, 5.74) is 0. The molecular weight excluding hydrogens is 192 g/mol. The van der Waals surface area contributed by atoms with Gasteiger partial charge in [-0.25, -0.2) is 4.79 Å². The smallest absolute Gasteiger partial charge is 0.324 e. The highest BCUT2D eigenvalue weighted by Gasteiger charge is 2.44. The number of nitrogens with one attached hydrogen (secondary N) is 2. The molecule has 0 aromatic carbocycles. The summed E-state index contributed by atoms with van der Waals surface area (Å²) in [5.74, 6) is -0.558. The molecule has 6 heteroatoms. The van der Waals surface area contributed by atoms with Gasteiger partial charge in [-0.2, -0.15) is 0 Å². The first-order valence-electron chi connectivity index (χ1n) is 4.08. The monoisotopic (exact) mass is 204 g/mol. The maximum absolute atomic E-state index is 11.1. The summed E-state index contributed by atoms with van der Waals surface area (Å²) >= 11 is 3.94. The van der Waals surface area contributed by atoms with E-state index in [-0.39, 0.29) is 0 Å². The van der Waals surface area contributed by atoms with Crippen LogP contribution in [0.5, 0.6) is 0 Å². The van der Waals surface area contributed by atoms with Crippen LogP contribution < -0.4 is 10.6 Å². The van der Waals surface area contributed by atoms with Crippen LogP contribution in [0.15, 0.2) is 0 Å². The molecule has 1 saturated heterocycles. The van der Waals surface area contributed by atoms with E-state index in [0.29, 0.717) is 6.61 Å². The van der Waals surface area contributed by atoms with Crippen molar-refractivity contribution < 1.29 is 14.3 Å². The Hall–Kier alpha value is -0.750. The van der Waals surface area contributed by atoms with E-state index in [2.05, 4.69) is 17.9 Å². The number of hydrogen-bond donors (Lipinski definition) is 3. The van der Waals surface area contributed by atoms with Crippen molar-refractivity contribution in [3.05, 3.63) is 0 Å². The van der Waals surface area contributed by atoms with Gasteiger partial charge in [-0.3, -0.25) is 15.4 Å². The van der Waals surface area contributed by atoms with E-state index >= 15 is 0 Å². The van der Waals surface area contributed by atoms with Crippen molar-refractivity contribution in [1.82, 2.24) is 10.6 Å². The second-order valence-electron chi connectivity index (χ2n) is 2.75. The van der Waals surface area contributed by atoms with E-state index in [0.717, 1.165) is 12.8 Å². The Kier molecular flexibility index (Phi) is 3.16. The van der Waals surface area contributed by atoms with E-state index in [1.165, 1.54) is 0 Å². The molecule has 0 saturated carbocycles. The molecule has 1 atom stereocenters. The van der Waals surface area contributed by atoms with Gasteiger partial charge in [0, 0.05) is 0 Å². The summed E-state index contributed by atoms with van der Waals surface area (Å²) in [7, 11) is 0. The maximum Gasteiger partial charge on any atom is 0.324 e. The molecule has 0 aromatic rings. The minimum Gasteiger partial charge on any atom is -0.339 e. The molecule has 13 heavy (non-hydrogen) atoms. The van der Waals surface area contributed by atoms with Crippen LogP contribution in [0.2, 0.25) is 0 Å². The molecule has 5 nitrogen and oxygen atoms in total. The summed E-state index contributed by atoms with van der Waals surface area (Å²) in [6.07, 6.45) is 1.78. The Bertz CT molecular complexity index is 234. The molecule has 1 rings (SSSR count). The number of thiol groups is 1. The lowest BCUT2D eigenvalue weighted by atomic mass is 10.4. The van der Waals surface area contributed by atoms with Gasteiger partial charge in [-0.15, -0.1) is 12.6 Å². The van der Waals surface area contributed by atoms with Crippen LogP contribution >= 0.6 is 12.6 Å². The predicted octanol–water partition coefficient (Wildman–Crippen LogP) is 0.226. The highest BCUT2D eigenvalue weighted by Crippen LogP contribution is 2.17.